The van der Waals surface area contributed by atoms with Crippen LogP contribution in [0.4, 0.5) is 11.4 Å². The second-order valence-electron chi connectivity index (χ2n) is 8.70. The van der Waals surface area contributed by atoms with Crippen molar-refractivity contribution >= 4 is 46.1 Å². The molecule has 1 aromatic heterocycles. The molecule has 2 saturated heterocycles. The van der Waals surface area contributed by atoms with Crippen LogP contribution in [0.2, 0.25) is 5.15 Å². The van der Waals surface area contributed by atoms with Gasteiger partial charge in [-0.1, -0.05) is 71.5 Å². The lowest BCUT2D eigenvalue weighted by molar-refractivity contribution is -0.126. The number of rotatable bonds is 4. The summed E-state index contributed by atoms with van der Waals surface area (Å²) in [5.74, 6) is -1.70. The summed E-state index contributed by atoms with van der Waals surface area (Å²) in [4.78, 5) is 47.9. The molecule has 0 saturated carbocycles. The highest BCUT2D eigenvalue weighted by atomic mass is 35.5. The summed E-state index contributed by atoms with van der Waals surface area (Å²) in [5, 5.41) is 1.74. The lowest BCUT2D eigenvalue weighted by Gasteiger charge is -2.28. The number of para-hydroxylation sites is 2. The van der Waals surface area contributed by atoms with Gasteiger partial charge in [0.1, 0.15) is 17.1 Å². The Morgan fingerprint density at radius 3 is 2.11 bits per heavy atom. The maximum absolute atomic E-state index is 13.8. The Kier molecular flexibility index (Phi) is 5.52. The topological polar surface area (TPSA) is 71.8 Å². The van der Waals surface area contributed by atoms with Gasteiger partial charge in [0.25, 0.3) is 5.91 Å². The van der Waals surface area contributed by atoms with Gasteiger partial charge < -0.3 is 0 Å². The van der Waals surface area contributed by atoms with Crippen LogP contribution in [0.25, 0.3) is 5.69 Å². The van der Waals surface area contributed by atoms with Crippen molar-refractivity contribution in [3.63, 3.8) is 0 Å². The number of aryl methyl sites for hydroxylation is 1. The number of aromatic nitrogens is 1. The van der Waals surface area contributed by atoms with E-state index in [4.69, 9.17) is 16.4 Å². The minimum atomic E-state index is -1.04. The quantitative estimate of drug-likeness (QED) is 0.360. The van der Waals surface area contributed by atoms with Crippen LogP contribution in [-0.2, 0) is 14.4 Å². The van der Waals surface area contributed by atoms with E-state index < -0.39 is 24.0 Å². The first kappa shape index (κ1) is 22.7. The molecule has 9 heteroatoms. The first-order valence-electron chi connectivity index (χ1n) is 11.4. The maximum atomic E-state index is 13.8. The summed E-state index contributed by atoms with van der Waals surface area (Å²) >= 11 is 7.78. The molecule has 3 atom stereocenters. The fraction of sp³-hybridized carbons (Fsp3) is 0.148. The Bertz CT molecular complexity index is 1540. The monoisotopic (exact) mass is 517 g/mol. The number of fused-ring (bicyclic) bond motifs is 1. The molecule has 0 bridgehead atoms. The molecule has 3 heterocycles. The Labute approximate surface area is 215 Å². The molecule has 2 aliphatic heterocycles. The van der Waals surface area contributed by atoms with Gasteiger partial charge in [0.15, 0.2) is 6.10 Å². The summed E-state index contributed by atoms with van der Waals surface area (Å²) in [6.45, 7) is 1.90. The predicted molar refractivity (Wildman–Crippen MR) is 139 cm³/mol. The van der Waals surface area contributed by atoms with Gasteiger partial charge in [-0.2, -0.15) is 0 Å². The standard InChI is InChI=1S/C27H20ClN3O4S/c1-16-9-8-14-19(15-16)30-25(32)20-21(31(35-22(20)26(30)33)18-12-6-3-7-13-18)23-24(28)29(27(34)36-23)17-10-4-2-5-11-17/h2-15,20-22H,1H3/t20-,21-,22-/m0/s1. The van der Waals surface area contributed by atoms with Gasteiger partial charge in [-0.3, -0.25) is 23.8 Å². The van der Waals surface area contributed by atoms with E-state index >= 15 is 0 Å². The van der Waals surface area contributed by atoms with E-state index in [-0.39, 0.29) is 15.9 Å². The second-order valence-corrected chi connectivity index (χ2v) is 10.1. The number of imide groups is 1. The molecule has 0 aliphatic carbocycles. The third-order valence-corrected chi connectivity index (χ3v) is 7.95. The molecule has 0 spiro atoms. The molecule has 2 aliphatic rings. The molecule has 0 N–H and O–H groups in total. The normalized spacial score (nSPS) is 21.3. The number of carbonyl (C=O) groups excluding carboxylic acids is 2. The molecule has 2 fully saturated rings. The first-order chi connectivity index (χ1) is 17.5. The average molecular weight is 518 g/mol. The highest BCUT2D eigenvalue weighted by Crippen LogP contribution is 2.50. The molecule has 180 valence electrons. The van der Waals surface area contributed by atoms with E-state index in [1.165, 1.54) is 9.47 Å². The molecular formula is C27H20ClN3O4S. The fourth-order valence-corrected chi connectivity index (χ4v) is 6.32. The van der Waals surface area contributed by atoms with Crippen LogP contribution in [0, 0.1) is 12.8 Å². The van der Waals surface area contributed by atoms with Gasteiger partial charge in [0.05, 0.1) is 21.9 Å². The number of benzene rings is 3. The first-order valence-corrected chi connectivity index (χ1v) is 12.6. The van der Waals surface area contributed by atoms with E-state index in [1.807, 2.05) is 61.5 Å². The van der Waals surface area contributed by atoms with Crippen molar-refractivity contribution in [1.29, 1.82) is 0 Å². The number of halogens is 1. The van der Waals surface area contributed by atoms with E-state index in [0.29, 0.717) is 21.9 Å². The van der Waals surface area contributed by atoms with Crippen LogP contribution < -0.4 is 14.8 Å². The van der Waals surface area contributed by atoms with Crippen molar-refractivity contribution in [2.45, 2.75) is 19.1 Å². The predicted octanol–water partition coefficient (Wildman–Crippen LogP) is 4.91. The minimum Gasteiger partial charge on any atom is -0.273 e. The molecular weight excluding hydrogens is 498 g/mol. The van der Waals surface area contributed by atoms with Crippen LogP contribution in [0.3, 0.4) is 0 Å². The molecule has 7 nitrogen and oxygen atoms in total. The average Bonchev–Trinajstić information content (AvgIpc) is 3.49. The zero-order chi connectivity index (χ0) is 25.0. The SMILES string of the molecule is Cc1cccc(N2C(=O)[C@@H]3[C@H](ON(c4ccccc4)[C@@H]3c3sc(=O)n(-c4ccccc4)c3Cl)C2=O)c1. The number of hydrogen-bond acceptors (Lipinski definition) is 6. The number of amides is 2. The third kappa shape index (κ3) is 3.49. The molecule has 4 aromatic rings. The molecule has 2 amide bonds. The van der Waals surface area contributed by atoms with Crippen molar-refractivity contribution in [2.24, 2.45) is 5.92 Å². The minimum absolute atomic E-state index is 0.195. The number of hydrogen-bond donors (Lipinski definition) is 0. The third-order valence-electron chi connectivity index (χ3n) is 6.45. The number of anilines is 2. The summed E-state index contributed by atoms with van der Waals surface area (Å²) in [6.07, 6.45) is -1.04. The van der Waals surface area contributed by atoms with Gasteiger partial charge in [-0.05, 0) is 48.9 Å². The summed E-state index contributed by atoms with van der Waals surface area (Å²) in [7, 11) is 0. The van der Waals surface area contributed by atoms with Gasteiger partial charge in [-0.15, -0.1) is 0 Å². The van der Waals surface area contributed by atoms with E-state index in [1.54, 1.807) is 35.4 Å². The van der Waals surface area contributed by atoms with Crippen LogP contribution in [-0.4, -0.2) is 22.5 Å². The smallest absolute Gasteiger partial charge is 0.273 e. The Hall–Kier alpha value is -3.72. The maximum Gasteiger partial charge on any atom is 0.313 e. The lowest BCUT2D eigenvalue weighted by Crippen LogP contribution is -2.37. The summed E-state index contributed by atoms with van der Waals surface area (Å²) in [6, 6.07) is 24.7. The van der Waals surface area contributed by atoms with Crippen LogP contribution in [0.15, 0.2) is 89.7 Å². The highest BCUT2D eigenvalue weighted by Gasteiger charge is 2.61. The zero-order valence-electron chi connectivity index (χ0n) is 19.1. The van der Waals surface area contributed by atoms with Crippen molar-refractivity contribution in [3.05, 3.63) is 110 Å². The number of nitrogens with zero attached hydrogens (tertiary/aromatic N) is 3. The highest BCUT2D eigenvalue weighted by molar-refractivity contribution is 7.10. The Balaban J connectivity index is 1.49. The largest absolute Gasteiger partial charge is 0.313 e. The Morgan fingerprint density at radius 1 is 0.806 bits per heavy atom. The van der Waals surface area contributed by atoms with E-state index in [2.05, 4.69) is 0 Å². The van der Waals surface area contributed by atoms with Crippen molar-refractivity contribution in [2.75, 3.05) is 9.96 Å². The number of carbonyl (C=O) groups is 2. The van der Waals surface area contributed by atoms with Crippen LogP contribution >= 0.6 is 22.9 Å². The van der Waals surface area contributed by atoms with Gasteiger partial charge in [0.2, 0.25) is 5.91 Å². The molecule has 36 heavy (non-hydrogen) atoms. The van der Waals surface area contributed by atoms with Crippen LogP contribution in [0.5, 0.6) is 0 Å². The zero-order valence-corrected chi connectivity index (χ0v) is 20.6. The van der Waals surface area contributed by atoms with Crippen molar-refractivity contribution < 1.29 is 14.4 Å². The van der Waals surface area contributed by atoms with Crippen LogP contribution in [0.1, 0.15) is 16.5 Å². The summed E-state index contributed by atoms with van der Waals surface area (Å²) < 4.78 is 1.41. The molecule has 0 unspecified atom stereocenters. The van der Waals surface area contributed by atoms with Crippen molar-refractivity contribution in [1.82, 2.24) is 4.57 Å². The Morgan fingerprint density at radius 2 is 1.44 bits per heavy atom. The van der Waals surface area contributed by atoms with Gasteiger partial charge >= 0.3 is 4.87 Å². The lowest BCUT2D eigenvalue weighted by atomic mass is 9.95. The second kappa shape index (κ2) is 8.74. The number of hydroxylamine groups is 1. The molecule has 6 rings (SSSR count). The summed E-state index contributed by atoms with van der Waals surface area (Å²) in [5.41, 5.74) is 2.69. The van der Waals surface area contributed by atoms with Gasteiger partial charge in [-0.25, -0.2) is 9.96 Å². The number of thiazole rings is 1. The fourth-order valence-electron chi connectivity index (χ4n) is 4.85. The van der Waals surface area contributed by atoms with E-state index in [0.717, 1.165) is 16.9 Å². The van der Waals surface area contributed by atoms with E-state index in [9.17, 15) is 14.4 Å². The molecule has 3 aromatic carbocycles. The molecule has 0 radical (unpaired) electrons. The van der Waals surface area contributed by atoms with Crippen molar-refractivity contribution in [3.8, 4) is 5.69 Å². The van der Waals surface area contributed by atoms with Gasteiger partial charge in [0, 0.05) is 0 Å².